The Morgan fingerprint density at radius 1 is 1.12 bits per heavy atom. The molecule has 0 unspecified atom stereocenters. The maximum absolute atomic E-state index is 13.6. The normalized spacial score (nSPS) is 10.6. The lowest BCUT2D eigenvalue weighted by Crippen LogP contribution is -2.46. The molecular formula is C18H16Cl2FN3OS. The summed E-state index contributed by atoms with van der Waals surface area (Å²) in [5.74, 6) is -1.000. The minimum Gasteiger partial charge on any atom is -0.361 e. The van der Waals surface area contributed by atoms with Gasteiger partial charge in [-0.15, -0.1) is 0 Å². The van der Waals surface area contributed by atoms with E-state index < -0.39 is 11.7 Å². The first-order valence-corrected chi connectivity index (χ1v) is 8.82. The van der Waals surface area contributed by atoms with Crippen molar-refractivity contribution >= 4 is 52.5 Å². The fourth-order valence-electron chi connectivity index (χ4n) is 2.00. The minimum atomic E-state index is -0.506. The number of thiocarbonyl (C=S) groups is 1. The van der Waals surface area contributed by atoms with Crippen LogP contribution in [0.3, 0.4) is 0 Å². The molecule has 4 nitrogen and oxygen atoms in total. The molecule has 0 aliphatic carbocycles. The van der Waals surface area contributed by atoms with Crippen molar-refractivity contribution in [1.82, 2.24) is 16.2 Å². The third-order valence-corrected chi connectivity index (χ3v) is 4.14. The van der Waals surface area contributed by atoms with Crippen molar-refractivity contribution in [2.24, 2.45) is 0 Å². The summed E-state index contributed by atoms with van der Waals surface area (Å²) in [7, 11) is 0. The van der Waals surface area contributed by atoms with Gasteiger partial charge in [0.15, 0.2) is 5.11 Å². The highest BCUT2D eigenvalue weighted by Gasteiger charge is 2.04. The first-order chi connectivity index (χ1) is 12.5. The summed E-state index contributed by atoms with van der Waals surface area (Å²) in [5, 5.41) is 4.14. The Balaban J connectivity index is 1.72. The fourth-order valence-corrected chi connectivity index (χ4v) is 2.51. The van der Waals surface area contributed by atoms with Crippen LogP contribution >= 0.6 is 35.4 Å². The van der Waals surface area contributed by atoms with Crippen LogP contribution in [-0.2, 0) is 11.2 Å². The zero-order chi connectivity index (χ0) is 18.9. The van der Waals surface area contributed by atoms with E-state index in [2.05, 4.69) is 16.2 Å². The zero-order valence-electron chi connectivity index (χ0n) is 13.6. The average molecular weight is 412 g/mol. The largest absolute Gasteiger partial charge is 0.361 e. The number of hydrazine groups is 1. The second-order valence-corrected chi connectivity index (χ2v) is 6.47. The van der Waals surface area contributed by atoms with E-state index in [0.29, 0.717) is 11.6 Å². The Morgan fingerprint density at radius 2 is 1.85 bits per heavy atom. The Hall–Kier alpha value is -2.15. The molecule has 0 bridgehead atoms. The highest BCUT2D eigenvalue weighted by Crippen LogP contribution is 2.20. The van der Waals surface area contributed by atoms with Crippen LogP contribution in [0, 0.1) is 5.82 Å². The summed E-state index contributed by atoms with van der Waals surface area (Å²) in [6, 6.07) is 11.8. The molecule has 8 heteroatoms. The number of carbonyl (C=O) groups excluding carboxylic acids is 1. The lowest BCUT2D eigenvalue weighted by Gasteiger charge is -2.10. The molecule has 0 spiro atoms. The van der Waals surface area contributed by atoms with E-state index in [1.54, 1.807) is 6.07 Å². The number of halogens is 3. The minimum absolute atomic E-state index is 0.146. The molecular weight excluding hydrogens is 396 g/mol. The summed E-state index contributed by atoms with van der Waals surface area (Å²) in [6.45, 7) is 0.587. The average Bonchev–Trinajstić information content (AvgIpc) is 2.61. The summed E-state index contributed by atoms with van der Waals surface area (Å²) >= 11 is 16.8. The molecule has 0 heterocycles. The predicted octanol–water partition coefficient (Wildman–Crippen LogP) is 3.88. The van der Waals surface area contributed by atoms with Gasteiger partial charge in [0.05, 0.1) is 5.02 Å². The number of hydrogen-bond donors (Lipinski definition) is 3. The fraction of sp³-hybridized carbons (Fsp3) is 0.111. The van der Waals surface area contributed by atoms with Crippen LogP contribution in [0.1, 0.15) is 11.1 Å². The molecule has 0 saturated heterocycles. The Morgan fingerprint density at radius 3 is 2.54 bits per heavy atom. The van der Waals surface area contributed by atoms with Gasteiger partial charge in [-0.05, 0) is 54.5 Å². The Labute approximate surface area is 166 Å². The zero-order valence-corrected chi connectivity index (χ0v) is 15.9. The van der Waals surface area contributed by atoms with E-state index in [-0.39, 0.29) is 15.7 Å². The van der Waals surface area contributed by atoms with Gasteiger partial charge in [0.2, 0.25) is 0 Å². The molecule has 26 heavy (non-hydrogen) atoms. The molecule has 2 aromatic rings. The van der Waals surface area contributed by atoms with Crippen LogP contribution in [0.15, 0.2) is 48.5 Å². The van der Waals surface area contributed by atoms with Crippen molar-refractivity contribution in [3.8, 4) is 0 Å². The predicted molar refractivity (Wildman–Crippen MR) is 107 cm³/mol. The highest BCUT2D eigenvalue weighted by atomic mass is 35.5. The summed E-state index contributed by atoms with van der Waals surface area (Å²) in [4.78, 5) is 11.7. The van der Waals surface area contributed by atoms with E-state index in [9.17, 15) is 9.18 Å². The molecule has 0 aliphatic heterocycles. The molecule has 0 aliphatic rings. The van der Waals surface area contributed by atoms with Gasteiger partial charge >= 0.3 is 0 Å². The quantitative estimate of drug-likeness (QED) is 0.396. The van der Waals surface area contributed by atoms with E-state index in [1.165, 1.54) is 18.2 Å². The second kappa shape index (κ2) is 10.1. The van der Waals surface area contributed by atoms with Crippen molar-refractivity contribution in [1.29, 1.82) is 0 Å². The number of amides is 1. The third kappa shape index (κ3) is 6.63. The van der Waals surface area contributed by atoms with Crippen LogP contribution in [0.25, 0.3) is 6.08 Å². The molecule has 2 aromatic carbocycles. The Bertz CT molecular complexity index is 792. The van der Waals surface area contributed by atoms with Gasteiger partial charge in [-0.25, -0.2) is 4.39 Å². The molecule has 0 atom stereocenters. The maximum atomic E-state index is 13.6. The molecule has 0 radical (unpaired) electrons. The molecule has 3 N–H and O–H groups in total. The first kappa shape index (κ1) is 20.2. The van der Waals surface area contributed by atoms with Crippen molar-refractivity contribution in [3.05, 3.63) is 75.5 Å². The van der Waals surface area contributed by atoms with Crippen LogP contribution in [0.5, 0.6) is 0 Å². The molecule has 136 valence electrons. The third-order valence-electron chi connectivity index (χ3n) is 3.31. The number of carbonyl (C=O) groups is 1. The van der Waals surface area contributed by atoms with Crippen LogP contribution in [-0.4, -0.2) is 17.6 Å². The summed E-state index contributed by atoms with van der Waals surface area (Å²) < 4.78 is 13.6. The number of nitrogens with one attached hydrogen (secondary N) is 3. The number of benzene rings is 2. The van der Waals surface area contributed by atoms with Gasteiger partial charge in [-0.2, -0.15) is 0 Å². The van der Waals surface area contributed by atoms with Crippen molar-refractivity contribution in [2.45, 2.75) is 6.42 Å². The van der Waals surface area contributed by atoms with E-state index in [0.717, 1.165) is 18.1 Å². The monoisotopic (exact) mass is 411 g/mol. The number of hydrogen-bond acceptors (Lipinski definition) is 2. The van der Waals surface area contributed by atoms with Gasteiger partial charge < -0.3 is 5.32 Å². The van der Waals surface area contributed by atoms with Gasteiger partial charge in [-0.1, -0.05) is 41.4 Å². The van der Waals surface area contributed by atoms with E-state index >= 15 is 0 Å². The lowest BCUT2D eigenvalue weighted by molar-refractivity contribution is -0.116. The lowest BCUT2D eigenvalue weighted by atomic mass is 10.1. The standard InChI is InChI=1S/C18H16Cl2FN3OS/c19-13-6-4-12(5-7-13)10-11-22-18(26)24-23-17(25)9-8-14-15(20)2-1-3-16(14)21/h1-9H,10-11H2,(H,23,25)(H2,22,24,26)/b9-8+. The van der Waals surface area contributed by atoms with Crippen LogP contribution in [0.4, 0.5) is 4.39 Å². The van der Waals surface area contributed by atoms with Gasteiger partial charge in [-0.3, -0.25) is 15.6 Å². The van der Waals surface area contributed by atoms with Crippen molar-refractivity contribution in [3.63, 3.8) is 0 Å². The maximum Gasteiger partial charge on any atom is 0.262 e. The van der Waals surface area contributed by atoms with Gasteiger partial charge in [0, 0.05) is 23.2 Å². The van der Waals surface area contributed by atoms with Crippen LogP contribution < -0.4 is 16.2 Å². The van der Waals surface area contributed by atoms with E-state index in [1.807, 2.05) is 24.3 Å². The van der Waals surface area contributed by atoms with Gasteiger partial charge in [0.25, 0.3) is 5.91 Å². The molecule has 0 fully saturated rings. The molecule has 0 aromatic heterocycles. The number of rotatable bonds is 5. The van der Waals surface area contributed by atoms with Crippen LogP contribution in [0.2, 0.25) is 10.0 Å². The first-order valence-electron chi connectivity index (χ1n) is 7.66. The highest BCUT2D eigenvalue weighted by molar-refractivity contribution is 7.80. The summed E-state index contributed by atoms with van der Waals surface area (Å²) in [6.07, 6.45) is 3.21. The smallest absolute Gasteiger partial charge is 0.262 e. The van der Waals surface area contributed by atoms with Crippen molar-refractivity contribution < 1.29 is 9.18 Å². The summed E-state index contributed by atoms with van der Waals surface area (Å²) in [5.41, 5.74) is 6.21. The molecule has 0 saturated carbocycles. The van der Waals surface area contributed by atoms with Gasteiger partial charge in [0.1, 0.15) is 5.82 Å². The Kier molecular flexibility index (Phi) is 7.84. The van der Waals surface area contributed by atoms with E-state index in [4.69, 9.17) is 35.4 Å². The van der Waals surface area contributed by atoms with Crippen molar-refractivity contribution in [2.75, 3.05) is 6.54 Å². The SMILES string of the molecule is O=C(/C=C/c1c(F)cccc1Cl)NNC(=S)NCCc1ccc(Cl)cc1. The molecule has 1 amide bonds. The molecule has 2 rings (SSSR count). The second-order valence-electron chi connectivity index (χ2n) is 5.22. The topological polar surface area (TPSA) is 53.2 Å².